The van der Waals surface area contributed by atoms with Gasteiger partial charge in [0.15, 0.2) is 0 Å². The zero-order valence-corrected chi connectivity index (χ0v) is 13.5. The molecular formula is C17H18ClN5. The van der Waals surface area contributed by atoms with Crippen LogP contribution in [0.5, 0.6) is 0 Å². The number of pyridine rings is 1. The Morgan fingerprint density at radius 1 is 1.26 bits per heavy atom. The van der Waals surface area contributed by atoms with Gasteiger partial charge in [0.25, 0.3) is 0 Å². The molecule has 0 N–H and O–H groups in total. The Balaban J connectivity index is 1.61. The van der Waals surface area contributed by atoms with Crippen LogP contribution in [-0.2, 0) is 13.1 Å². The summed E-state index contributed by atoms with van der Waals surface area (Å²) in [4.78, 5) is 11.1. The van der Waals surface area contributed by atoms with Crippen LogP contribution in [0.2, 0.25) is 5.02 Å². The summed E-state index contributed by atoms with van der Waals surface area (Å²) in [7, 11) is 0. The summed E-state index contributed by atoms with van der Waals surface area (Å²) >= 11 is 6.48. The first kappa shape index (κ1) is 14.6. The number of hydrogen-bond donors (Lipinski definition) is 0. The van der Waals surface area contributed by atoms with E-state index in [0.717, 1.165) is 41.1 Å². The summed E-state index contributed by atoms with van der Waals surface area (Å²) in [5.74, 6) is 0. The molecule has 118 valence electrons. The molecule has 2 aromatic heterocycles. The molecule has 0 bridgehead atoms. The van der Waals surface area contributed by atoms with Crippen LogP contribution in [0.25, 0.3) is 10.9 Å². The number of nitrogens with zero attached hydrogens (tertiary/aromatic N) is 5. The minimum atomic E-state index is 0.465. The summed E-state index contributed by atoms with van der Waals surface area (Å²) < 4.78 is 1.91. The van der Waals surface area contributed by atoms with E-state index in [-0.39, 0.29) is 0 Å². The van der Waals surface area contributed by atoms with Crippen molar-refractivity contribution in [3.05, 3.63) is 53.7 Å². The molecule has 0 radical (unpaired) electrons. The molecule has 1 saturated heterocycles. The number of hydrogen-bond acceptors (Lipinski definition) is 4. The van der Waals surface area contributed by atoms with Crippen molar-refractivity contribution in [2.75, 3.05) is 6.54 Å². The van der Waals surface area contributed by atoms with E-state index < -0.39 is 0 Å². The van der Waals surface area contributed by atoms with E-state index in [9.17, 15) is 0 Å². The molecule has 3 heterocycles. The Morgan fingerprint density at radius 2 is 2.22 bits per heavy atom. The third kappa shape index (κ3) is 2.94. The van der Waals surface area contributed by atoms with Gasteiger partial charge >= 0.3 is 0 Å². The predicted octanol–water partition coefficient (Wildman–Crippen LogP) is 3.14. The van der Waals surface area contributed by atoms with E-state index in [0.29, 0.717) is 6.04 Å². The second-order valence-corrected chi connectivity index (χ2v) is 6.39. The van der Waals surface area contributed by atoms with Crippen molar-refractivity contribution < 1.29 is 0 Å². The average Bonchev–Trinajstić information content (AvgIpc) is 3.23. The zero-order chi connectivity index (χ0) is 15.6. The number of benzene rings is 1. The van der Waals surface area contributed by atoms with Gasteiger partial charge in [0.1, 0.15) is 12.7 Å². The van der Waals surface area contributed by atoms with Crippen LogP contribution in [0.3, 0.4) is 0 Å². The number of halogens is 1. The Morgan fingerprint density at radius 3 is 3.09 bits per heavy atom. The van der Waals surface area contributed by atoms with Gasteiger partial charge in [-0.3, -0.25) is 14.6 Å². The van der Waals surface area contributed by atoms with Crippen LogP contribution in [-0.4, -0.2) is 37.2 Å². The maximum atomic E-state index is 6.48. The Kier molecular flexibility index (Phi) is 3.97. The highest BCUT2D eigenvalue weighted by Crippen LogP contribution is 2.29. The van der Waals surface area contributed by atoms with Crippen LogP contribution < -0.4 is 0 Å². The van der Waals surface area contributed by atoms with E-state index in [1.54, 1.807) is 12.7 Å². The third-order valence-corrected chi connectivity index (χ3v) is 4.90. The normalized spacial score (nSPS) is 18.7. The first-order valence-corrected chi connectivity index (χ1v) is 8.27. The molecule has 23 heavy (non-hydrogen) atoms. The summed E-state index contributed by atoms with van der Waals surface area (Å²) in [5.41, 5.74) is 2.13. The lowest BCUT2D eigenvalue weighted by atomic mass is 10.1. The van der Waals surface area contributed by atoms with Crippen molar-refractivity contribution >= 4 is 22.5 Å². The van der Waals surface area contributed by atoms with Gasteiger partial charge in [-0.05, 0) is 31.5 Å². The predicted molar refractivity (Wildman–Crippen MR) is 90.2 cm³/mol. The number of aromatic nitrogens is 4. The molecule has 1 aromatic carbocycles. The number of fused-ring (bicyclic) bond motifs is 1. The lowest BCUT2D eigenvalue weighted by Crippen LogP contribution is -2.32. The van der Waals surface area contributed by atoms with Crippen LogP contribution in [0, 0.1) is 0 Å². The molecule has 1 aliphatic rings. The summed E-state index contributed by atoms with van der Waals surface area (Å²) in [6.07, 6.45) is 7.58. The lowest BCUT2D eigenvalue weighted by molar-refractivity contribution is 0.219. The van der Waals surface area contributed by atoms with Crippen LogP contribution in [0.1, 0.15) is 18.4 Å². The molecule has 5 nitrogen and oxygen atoms in total. The Hall–Kier alpha value is -1.98. The fourth-order valence-corrected chi connectivity index (χ4v) is 3.60. The van der Waals surface area contributed by atoms with Crippen LogP contribution in [0.15, 0.2) is 43.1 Å². The highest BCUT2D eigenvalue weighted by molar-refractivity contribution is 6.32. The van der Waals surface area contributed by atoms with E-state index >= 15 is 0 Å². The first-order valence-electron chi connectivity index (χ1n) is 7.90. The third-order valence-electron chi connectivity index (χ3n) is 4.55. The average molecular weight is 328 g/mol. The van der Waals surface area contributed by atoms with Gasteiger partial charge in [-0.25, -0.2) is 4.98 Å². The van der Waals surface area contributed by atoms with Gasteiger partial charge in [-0.15, -0.1) is 0 Å². The van der Waals surface area contributed by atoms with Crippen molar-refractivity contribution in [2.24, 2.45) is 0 Å². The molecule has 3 aromatic rings. The highest BCUT2D eigenvalue weighted by Gasteiger charge is 2.26. The molecule has 0 saturated carbocycles. The molecule has 1 fully saturated rings. The fourth-order valence-electron chi connectivity index (χ4n) is 3.39. The van der Waals surface area contributed by atoms with E-state index in [4.69, 9.17) is 11.6 Å². The zero-order valence-electron chi connectivity index (χ0n) is 12.8. The highest BCUT2D eigenvalue weighted by atomic mass is 35.5. The summed E-state index contributed by atoms with van der Waals surface area (Å²) in [6, 6.07) is 8.52. The molecule has 0 unspecified atom stereocenters. The quantitative estimate of drug-likeness (QED) is 0.738. The van der Waals surface area contributed by atoms with Crippen molar-refractivity contribution in [3.63, 3.8) is 0 Å². The van der Waals surface area contributed by atoms with Gasteiger partial charge in [-0.1, -0.05) is 23.7 Å². The SMILES string of the molecule is Clc1ccc2cccnc2c1CN1CCC[C@@H]1Cn1cncn1. The van der Waals surface area contributed by atoms with Crippen LogP contribution in [0.4, 0.5) is 0 Å². The molecule has 4 rings (SSSR count). The smallest absolute Gasteiger partial charge is 0.137 e. The van der Waals surface area contributed by atoms with Gasteiger partial charge < -0.3 is 0 Å². The maximum Gasteiger partial charge on any atom is 0.137 e. The maximum absolute atomic E-state index is 6.48. The molecule has 6 heteroatoms. The number of rotatable bonds is 4. The molecule has 0 aliphatic carbocycles. The van der Waals surface area contributed by atoms with E-state index in [2.05, 4.69) is 26.0 Å². The Bertz CT molecular complexity index is 802. The Labute approximate surface area is 139 Å². The van der Waals surface area contributed by atoms with Gasteiger partial charge in [0.05, 0.1) is 12.1 Å². The molecule has 0 spiro atoms. The second-order valence-electron chi connectivity index (χ2n) is 5.99. The summed E-state index contributed by atoms with van der Waals surface area (Å²) in [5, 5.41) is 6.16. The lowest BCUT2D eigenvalue weighted by Gasteiger charge is -2.25. The molecule has 1 aliphatic heterocycles. The van der Waals surface area contributed by atoms with Crippen LogP contribution >= 0.6 is 11.6 Å². The monoisotopic (exact) mass is 327 g/mol. The van der Waals surface area contributed by atoms with Crippen molar-refractivity contribution in [1.29, 1.82) is 0 Å². The van der Waals surface area contributed by atoms with Gasteiger partial charge in [-0.2, -0.15) is 5.10 Å². The first-order chi connectivity index (χ1) is 11.3. The standard InChI is InChI=1S/C17H18ClN5/c18-16-6-5-13-3-1-7-20-17(13)15(16)10-22-8-2-4-14(22)9-23-12-19-11-21-23/h1,3,5-7,11-12,14H,2,4,8-10H2/t14-/m1/s1. The van der Waals surface area contributed by atoms with Gasteiger partial charge in [0, 0.05) is 34.8 Å². The van der Waals surface area contributed by atoms with E-state index in [1.807, 2.05) is 29.1 Å². The molecule has 1 atom stereocenters. The van der Waals surface area contributed by atoms with Gasteiger partial charge in [0.2, 0.25) is 0 Å². The van der Waals surface area contributed by atoms with Crippen molar-refractivity contribution in [1.82, 2.24) is 24.6 Å². The number of likely N-dealkylation sites (tertiary alicyclic amines) is 1. The van der Waals surface area contributed by atoms with E-state index in [1.165, 1.54) is 12.8 Å². The van der Waals surface area contributed by atoms with Crippen molar-refractivity contribution in [2.45, 2.75) is 32.0 Å². The largest absolute Gasteiger partial charge is 0.294 e. The minimum Gasteiger partial charge on any atom is -0.294 e. The topological polar surface area (TPSA) is 46.8 Å². The summed E-state index contributed by atoms with van der Waals surface area (Å²) in [6.45, 7) is 2.78. The van der Waals surface area contributed by atoms with Crippen molar-refractivity contribution in [3.8, 4) is 0 Å². The minimum absolute atomic E-state index is 0.465. The molecular weight excluding hydrogens is 310 g/mol. The second kappa shape index (κ2) is 6.26. The fraction of sp³-hybridized carbons (Fsp3) is 0.353. The molecule has 0 amide bonds.